The fraction of sp³-hybridized carbons (Fsp3) is 0.222. The number of nitrogens with zero attached hydrogens (tertiary/aromatic N) is 2. The maximum atomic E-state index is 12.2. The predicted octanol–water partition coefficient (Wildman–Crippen LogP) is 0.826. The number of quaternary nitrogens is 1. The lowest BCUT2D eigenvalue weighted by Crippen LogP contribution is -3.09. The van der Waals surface area contributed by atoms with Crippen molar-refractivity contribution in [3.63, 3.8) is 0 Å². The summed E-state index contributed by atoms with van der Waals surface area (Å²) in [7, 11) is 0. The number of thiophene rings is 1. The van der Waals surface area contributed by atoms with Crippen LogP contribution in [-0.4, -0.2) is 26.5 Å². The number of H-pyrrole nitrogens is 2. The first-order chi connectivity index (χ1) is 12.6. The first kappa shape index (κ1) is 16.6. The molecule has 3 N–H and O–H groups in total. The number of benzene rings is 1. The molecule has 0 amide bonds. The number of rotatable bonds is 5. The van der Waals surface area contributed by atoms with E-state index in [2.05, 4.69) is 26.9 Å². The highest BCUT2D eigenvalue weighted by Gasteiger charge is 2.14. The molecule has 0 fully saturated rings. The molecule has 1 atom stereocenters. The maximum Gasteiger partial charge on any atom is 0.269 e. The summed E-state index contributed by atoms with van der Waals surface area (Å²) in [6.45, 7) is 3.95. The fourth-order valence-electron chi connectivity index (χ4n) is 3.01. The Balaban J connectivity index is 1.61. The van der Waals surface area contributed by atoms with E-state index >= 15 is 0 Å². The SMILES string of the molecule is CC[NH+](Cc1nc2ccccc2c(=O)[nH]1)Cc1nc2ccsc2c(=O)[nH]1. The van der Waals surface area contributed by atoms with E-state index in [4.69, 9.17) is 0 Å². The number of aromatic amines is 2. The smallest absolute Gasteiger partial charge is 0.269 e. The van der Waals surface area contributed by atoms with Gasteiger partial charge in [0.1, 0.15) is 17.8 Å². The van der Waals surface area contributed by atoms with Crippen LogP contribution < -0.4 is 16.0 Å². The quantitative estimate of drug-likeness (QED) is 0.486. The Kier molecular flexibility index (Phi) is 4.36. The van der Waals surface area contributed by atoms with Gasteiger partial charge in [-0.3, -0.25) is 9.59 Å². The van der Waals surface area contributed by atoms with Gasteiger partial charge in [0, 0.05) is 0 Å². The lowest BCUT2D eigenvalue weighted by molar-refractivity contribution is -0.927. The third-order valence-corrected chi connectivity index (χ3v) is 5.26. The van der Waals surface area contributed by atoms with Crippen LogP contribution >= 0.6 is 11.3 Å². The molecule has 7 nitrogen and oxygen atoms in total. The van der Waals surface area contributed by atoms with Crippen LogP contribution in [0.2, 0.25) is 0 Å². The van der Waals surface area contributed by atoms with Gasteiger partial charge in [0.05, 0.1) is 23.0 Å². The first-order valence-electron chi connectivity index (χ1n) is 8.42. The van der Waals surface area contributed by atoms with Crippen molar-refractivity contribution in [2.45, 2.75) is 20.0 Å². The molecule has 0 aliphatic carbocycles. The van der Waals surface area contributed by atoms with E-state index in [1.165, 1.54) is 11.3 Å². The number of aromatic nitrogens is 4. The molecular weight excluding hydrogens is 350 g/mol. The van der Waals surface area contributed by atoms with Crippen molar-refractivity contribution in [2.75, 3.05) is 6.54 Å². The van der Waals surface area contributed by atoms with Gasteiger partial charge in [-0.15, -0.1) is 11.3 Å². The highest BCUT2D eigenvalue weighted by Crippen LogP contribution is 2.13. The second kappa shape index (κ2) is 6.81. The molecule has 8 heteroatoms. The molecule has 4 rings (SSSR count). The van der Waals surface area contributed by atoms with Gasteiger partial charge in [-0.1, -0.05) is 12.1 Å². The van der Waals surface area contributed by atoms with Crippen LogP contribution in [0.25, 0.3) is 21.1 Å². The number of nitrogens with one attached hydrogen (secondary N) is 3. The first-order valence-corrected chi connectivity index (χ1v) is 9.30. The van der Waals surface area contributed by atoms with Crippen molar-refractivity contribution in [3.8, 4) is 0 Å². The topological polar surface area (TPSA) is 95.9 Å². The molecule has 0 radical (unpaired) electrons. The molecule has 3 heterocycles. The Morgan fingerprint density at radius 2 is 1.65 bits per heavy atom. The molecule has 3 aromatic heterocycles. The van der Waals surface area contributed by atoms with E-state index in [1.807, 2.05) is 29.6 Å². The third kappa shape index (κ3) is 3.16. The average molecular weight is 368 g/mol. The summed E-state index contributed by atoms with van der Waals surface area (Å²) in [4.78, 5) is 40.3. The number of fused-ring (bicyclic) bond motifs is 2. The monoisotopic (exact) mass is 368 g/mol. The third-order valence-electron chi connectivity index (χ3n) is 4.36. The molecule has 0 saturated carbocycles. The summed E-state index contributed by atoms with van der Waals surface area (Å²) in [6, 6.07) is 9.15. The highest BCUT2D eigenvalue weighted by molar-refractivity contribution is 7.17. The van der Waals surface area contributed by atoms with Gasteiger partial charge >= 0.3 is 0 Å². The van der Waals surface area contributed by atoms with Crippen molar-refractivity contribution in [2.24, 2.45) is 0 Å². The normalized spacial score (nSPS) is 12.7. The Bertz CT molecular complexity index is 1190. The second-order valence-corrected chi connectivity index (χ2v) is 7.05. The summed E-state index contributed by atoms with van der Waals surface area (Å²) >= 11 is 1.39. The summed E-state index contributed by atoms with van der Waals surface area (Å²) in [5.74, 6) is 1.27. The van der Waals surface area contributed by atoms with Gasteiger partial charge in [0.25, 0.3) is 11.1 Å². The Labute approximate surface area is 152 Å². The van der Waals surface area contributed by atoms with Gasteiger partial charge in [-0.05, 0) is 30.5 Å². The second-order valence-electron chi connectivity index (χ2n) is 6.13. The molecule has 0 spiro atoms. The van der Waals surface area contributed by atoms with Gasteiger partial charge < -0.3 is 14.9 Å². The van der Waals surface area contributed by atoms with Crippen molar-refractivity contribution in [1.29, 1.82) is 0 Å². The van der Waals surface area contributed by atoms with Gasteiger partial charge in [-0.2, -0.15) is 0 Å². The zero-order chi connectivity index (χ0) is 18.1. The summed E-state index contributed by atoms with van der Waals surface area (Å²) in [5, 5.41) is 2.45. The lowest BCUT2D eigenvalue weighted by Gasteiger charge is -2.16. The molecule has 1 aromatic carbocycles. The minimum Gasteiger partial charge on any atom is -0.323 e. The van der Waals surface area contributed by atoms with E-state index in [0.717, 1.165) is 17.0 Å². The van der Waals surface area contributed by atoms with Crippen molar-refractivity contribution < 1.29 is 4.90 Å². The molecule has 0 aliphatic rings. The standard InChI is InChI=1S/C18H17N5O2S/c1-2-23(10-15-20-13-7-8-26-16(13)18(25)22-15)9-14-19-12-6-4-3-5-11(12)17(24)21-14/h3-8H,2,9-10H2,1H3,(H,19,21,24)(H,20,22,25)/p+1. The van der Waals surface area contributed by atoms with E-state index < -0.39 is 0 Å². The minimum atomic E-state index is -0.132. The molecule has 26 heavy (non-hydrogen) atoms. The average Bonchev–Trinajstić information content (AvgIpc) is 3.10. The van der Waals surface area contributed by atoms with Crippen LogP contribution in [-0.2, 0) is 13.1 Å². The van der Waals surface area contributed by atoms with Gasteiger partial charge in [0.15, 0.2) is 11.6 Å². The molecule has 132 valence electrons. The van der Waals surface area contributed by atoms with Crippen LogP contribution in [0, 0.1) is 0 Å². The van der Waals surface area contributed by atoms with E-state index in [-0.39, 0.29) is 11.1 Å². The van der Waals surface area contributed by atoms with Gasteiger partial charge in [0.2, 0.25) is 0 Å². The summed E-state index contributed by atoms with van der Waals surface area (Å²) in [6.07, 6.45) is 0. The zero-order valence-electron chi connectivity index (χ0n) is 14.2. The van der Waals surface area contributed by atoms with Crippen LogP contribution in [0.5, 0.6) is 0 Å². The summed E-state index contributed by atoms with van der Waals surface area (Å²) in [5.41, 5.74) is 1.18. The molecule has 0 saturated heterocycles. The molecule has 4 aromatic rings. The van der Waals surface area contributed by atoms with Gasteiger partial charge in [-0.25, -0.2) is 9.97 Å². The fourth-order valence-corrected chi connectivity index (χ4v) is 3.74. The predicted molar refractivity (Wildman–Crippen MR) is 102 cm³/mol. The van der Waals surface area contributed by atoms with Crippen molar-refractivity contribution in [3.05, 3.63) is 68.1 Å². The van der Waals surface area contributed by atoms with Crippen LogP contribution in [0.1, 0.15) is 18.6 Å². The maximum absolute atomic E-state index is 12.2. The van der Waals surface area contributed by atoms with E-state index in [1.54, 1.807) is 6.07 Å². The van der Waals surface area contributed by atoms with Crippen molar-refractivity contribution in [1.82, 2.24) is 19.9 Å². The lowest BCUT2D eigenvalue weighted by atomic mass is 10.2. The minimum absolute atomic E-state index is 0.104. The number of hydrogen-bond acceptors (Lipinski definition) is 5. The Hall–Kier alpha value is -2.84. The Morgan fingerprint density at radius 1 is 0.962 bits per heavy atom. The van der Waals surface area contributed by atoms with Crippen molar-refractivity contribution >= 4 is 32.5 Å². The largest absolute Gasteiger partial charge is 0.323 e. The zero-order valence-corrected chi connectivity index (χ0v) is 15.0. The molecular formula is C18H18N5O2S+. The molecule has 0 bridgehead atoms. The van der Waals surface area contributed by atoms with E-state index in [0.29, 0.717) is 40.3 Å². The number of hydrogen-bond donors (Lipinski definition) is 3. The van der Waals surface area contributed by atoms with Crippen LogP contribution in [0.3, 0.4) is 0 Å². The Morgan fingerprint density at radius 3 is 2.42 bits per heavy atom. The van der Waals surface area contributed by atoms with E-state index in [9.17, 15) is 9.59 Å². The van der Waals surface area contributed by atoms with Crippen LogP contribution in [0.4, 0.5) is 0 Å². The highest BCUT2D eigenvalue weighted by atomic mass is 32.1. The molecule has 1 unspecified atom stereocenters. The van der Waals surface area contributed by atoms with Crippen LogP contribution in [0.15, 0.2) is 45.3 Å². The molecule has 0 aliphatic heterocycles. The number of para-hydroxylation sites is 1. The summed E-state index contributed by atoms with van der Waals surface area (Å²) < 4.78 is 0.646.